The molecule has 0 amide bonds. The van der Waals surface area contributed by atoms with Crippen molar-refractivity contribution >= 4 is 25.8 Å². The van der Waals surface area contributed by atoms with Crippen molar-refractivity contribution in [2.75, 3.05) is 25.6 Å². The molecule has 1 aromatic carbocycles. The third kappa shape index (κ3) is 4.68. The molecule has 5 nitrogen and oxygen atoms in total. The topological polar surface area (TPSA) is 61.8 Å². The Hall–Kier alpha value is -0.630. The van der Waals surface area contributed by atoms with Gasteiger partial charge in [0.2, 0.25) is 0 Å². The van der Waals surface area contributed by atoms with E-state index in [0.717, 1.165) is 23.1 Å². The zero-order valence-electron chi connectivity index (χ0n) is 13.0. The van der Waals surface area contributed by atoms with Gasteiger partial charge < -0.3 is 14.2 Å². The highest BCUT2D eigenvalue weighted by Crippen LogP contribution is 2.33. The van der Waals surface area contributed by atoms with Crippen molar-refractivity contribution in [2.45, 2.75) is 36.7 Å². The molecular weight excluding hydrogens is 384 g/mol. The van der Waals surface area contributed by atoms with Crippen LogP contribution in [0.5, 0.6) is 5.75 Å². The van der Waals surface area contributed by atoms with Crippen LogP contribution in [0.4, 0.5) is 0 Å². The molecular formula is C16H21BrO5S. The molecule has 0 N–H and O–H groups in total. The normalized spacial score (nSPS) is 28.5. The van der Waals surface area contributed by atoms with Gasteiger partial charge in [-0.15, -0.1) is 0 Å². The molecule has 23 heavy (non-hydrogen) atoms. The summed E-state index contributed by atoms with van der Waals surface area (Å²) in [7, 11) is -3.09. The first-order valence-electron chi connectivity index (χ1n) is 7.72. The Bertz CT molecular complexity index is 641. The van der Waals surface area contributed by atoms with Gasteiger partial charge in [-0.25, -0.2) is 8.42 Å². The van der Waals surface area contributed by atoms with Gasteiger partial charge >= 0.3 is 0 Å². The monoisotopic (exact) mass is 404 g/mol. The molecule has 0 spiro atoms. The number of benzene rings is 1. The van der Waals surface area contributed by atoms with Crippen LogP contribution in [0.2, 0.25) is 0 Å². The van der Waals surface area contributed by atoms with Crippen LogP contribution in [0.3, 0.4) is 0 Å². The molecule has 0 radical (unpaired) electrons. The van der Waals surface area contributed by atoms with Crippen molar-refractivity contribution in [1.82, 2.24) is 0 Å². The van der Waals surface area contributed by atoms with E-state index in [4.69, 9.17) is 14.2 Å². The Morgan fingerprint density at radius 3 is 2.65 bits per heavy atom. The van der Waals surface area contributed by atoms with Crippen molar-refractivity contribution in [3.05, 3.63) is 28.7 Å². The lowest BCUT2D eigenvalue weighted by Gasteiger charge is -2.38. The molecule has 0 aromatic heterocycles. The maximum Gasteiger partial charge on any atom is 0.156 e. The molecule has 1 heterocycles. The summed E-state index contributed by atoms with van der Waals surface area (Å²) in [5, 5.41) is -0.178. The number of sulfone groups is 1. The SMILES string of the molecule is C[C@]1(CS(=O)(=O)C2CC2)COC[C@@H](COc2ccc(Br)cc2)O1. The van der Waals surface area contributed by atoms with Gasteiger partial charge in [0.1, 0.15) is 24.1 Å². The van der Waals surface area contributed by atoms with Crippen LogP contribution in [-0.2, 0) is 19.3 Å². The van der Waals surface area contributed by atoms with E-state index in [1.165, 1.54) is 0 Å². The molecule has 1 saturated carbocycles. The van der Waals surface area contributed by atoms with Crippen LogP contribution in [-0.4, -0.2) is 50.9 Å². The molecule has 7 heteroatoms. The third-order valence-electron chi connectivity index (χ3n) is 3.95. The van der Waals surface area contributed by atoms with Gasteiger partial charge in [-0.3, -0.25) is 0 Å². The van der Waals surface area contributed by atoms with Gasteiger partial charge in [0.05, 0.1) is 24.2 Å². The van der Waals surface area contributed by atoms with E-state index in [1.54, 1.807) is 6.92 Å². The lowest BCUT2D eigenvalue weighted by atomic mass is 10.1. The summed E-state index contributed by atoms with van der Waals surface area (Å²) in [5.74, 6) is 0.758. The minimum atomic E-state index is -3.09. The van der Waals surface area contributed by atoms with Crippen LogP contribution in [0, 0.1) is 0 Å². The molecule has 0 bridgehead atoms. The Morgan fingerprint density at radius 2 is 2.00 bits per heavy atom. The smallest absolute Gasteiger partial charge is 0.156 e. The quantitative estimate of drug-likeness (QED) is 0.728. The van der Waals surface area contributed by atoms with E-state index in [-0.39, 0.29) is 17.1 Å². The first-order valence-corrected chi connectivity index (χ1v) is 10.2. The Kier molecular flexibility index (Phi) is 5.01. The van der Waals surface area contributed by atoms with Crippen molar-refractivity contribution < 1.29 is 22.6 Å². The molecule has 3 rings (SSSR count). The zero-order valence-corrected chi connectivity index (χ0v) is 15.4. The standard InChI is InChI=1S/C16H21BrO5S/c1-16(11-23(18,19)15-6-7-15)10-20-8-14(22-16)9-21-13-4-2-12(17)3-5-13/h2-5,14-15H,6-11H2,1H3/t14-,16+/m0/s1. The second-order valence-corrected chi connectivity index (χ2v) is 9.67. The van der Waals surface area contributed by atoms with Gasteiger partial charge in [-0.2, -0.15) is 0 Å². The van der Waals surface area contributed by atoms with Crippen molar-refractivity contribution in [3.63, 3.8) is 0 Å². The molecule has 2 fully saturated rings. The summed E-state index contributed by atoms with van der Waals surface area (Å²) in [6.07, 6.45) is 1.27. The van der Waals surface area contributed by atoms with E-state index in [2.05, 4.69) is 15.9 Å². The summed E-state index contributed by atoms with van der Waals surface area (Å²) in [4.78, 5) is 0. The van der Waals surface area contributed by atoms with E-state index in [0.29, 0.717) is 19.8 Å². The number of hydrogen-bond acceptors (Lipinski definition) is 5. The summed E-state index contributed by atoms with van der Waals surface area (Å²) >= 11 is 3.38. The highest BCUT2D eigenvalue weighted by molar-refractivity contribution is 9.10. The molecule has 0 unspecified atom stereocenters. The third-order valence-corrected chi connectivity index (χ3v) is 6.98. The molecule has 2 atom stereocenters. The summed E-state index contributed by atoms with van der Waals surface area (Å²) in [6.45, 7) is 2.85. The Morgan fingerprint density at radius 1 is 1.30 bits per heavy atom. The summed E-state index contributed by atoms with van der Waals surface area (Å²) < 4.78 is 42.7. The fourth-order valence-corrected chi connectivity index (χ4v) is 5.08. The Balaban J connectivity index is 1.56. The minimum absolute atomic E-state index is 0.0133. The van der Waals surface area contributed by atoms with Crippen molar-refractivity contribution in [3.8, 4) is 5.75 Å². The van der Waals surface area contributed by atoms with E-state index < -0.39 is 15.4 Å². The highest BCUT2D eigenvalue weighted by atomic mass is 79.9. The number of halogens is 1. The molecule has 1 aliphatic carbocycles. The molecule has 1 aliphatic heterocycles. The molecule has 1 saturated heterocycles. The number of hydrogen-bond donors (Lipinski definition) is 0. The lowest BCUT2D eigenvalue weighted by molar-refractivity contribution is -0.187. The molecule has 2 aliphatic rings. The van der Waals surface area contributed by atoms with Crippen LogP contribution in [0.1, 0.15) is 19.8 Å². The maximum atomic E-state index is 12.2. The largest absolute Gasteiger partial charge is 0.491 e. The highest BCUT2D eigenvalue weighted by Gasteiger charge is 2.44. The zero-order chi connectivity index (χ0) is 16.5. The van der Waals surface area contributed by atoms with Crippen LogP contribution >= 0.6 is 15.9 Å². The van der Waals surface area contributed by atoms with Gasteiger partial charge in [0.25, 0.3) is 0 Å². The fraction of sp³-hybridized carbons (Fsp3) is 0.625. The predicted octanol–water partition coefficient (Wildman–Crippen LogP) is 2.58. The average molecular weight is 405 g/mol. The second kappa shape index (κ2) is 6.70. The summed E-state index contributed by atoms with van der Waals surface area (Å²) in [5.41, 5.74) is -0.798. The van der Waals surface area contributed by atoms with Crippen LogP contribution in [0.15, 0.2) is 28.7 Å². The van der Waals surface area contributed by atoms with Gasteiger partial charge in [0.15, 0.2) is 9.84 Å². The first kappa shape index (κ1) is 17.2. The van der Waals surface area contributed by atoms with Crippen LogP contribution < -0.4 is 4.74 Å². The Labute approximate surface area is 145 Å². The van der Waals surface area contributed by atoms with Crippen LogP contribution in [0.25, 0.3) is 0 Å². The lowest BCUT2D eigenvalue weighted by Crippen LogP contribution is -2.51. The number of rotatable bonds is 6. The van der Waals surface area contributed by atoms with Gasteiger partial charge in [-0.1, -0.05) is 15.9 Å². The summed E-state index contributed by atoms with van der Waals surface area (Å²) in [6, 6.07) is 7.54. The predicted molar refractivity (Wildman–Crippen MR) is 90.5 cm³/mol. The molecule has 128 valence electrons. The fourth-order valence-electron chi connectivity index (χ4n) is 2.73. The van der Waals surface area contributed by atoms with E-state index in [9.17, 15) is 8.42 Å². The number of ether oxygens (including phenoxy) is 3. The first-order chi connectivity index (χ1) is 10.9. The molecule has 1 aromatic rings. The maximum absolute atomic E-state index is 12.2. The second-order valence-electron chi connectivity index (χ2n) is 6.48. The van der Waals surface area contributed by atoms with E-state index >= 15 is 0 Å². The van der Waals surface area contributed by atoms with Crippen molar-refractivity contribution in [1.29, 1.82) is 0 Å². The van der Waals surface area contributed by atoms with Gasteiger partial charge in [-0.05, 0) is 44.0 Å². The van der Waals surface area contributed by atoms with Gasteiger partial charge in [0, 0.05) is 4.47 Å². The minimum Gasteiger partial charge on any atom is -0.491 e. The van der Waals surface area contributed by atoms with Crippen molar-refractivity contribution in [2.24, 2.45) is 0 Å². The average Bonchev–Trinajstić information content (AvgIpc) is 3.31. The van der Waals surface area contributed by atoms with E-state index in [1.807, 2.05) is 24.3 Å².